The predicted molar refractivity (Wildman–Crippen MR) is 122 cm³/mol. The zero-order valence-corrected chi connectivity index (χ0v) is 18.4. The second-order valence-corrected chi connectivity index (χ2v) is 7.88. The van der Waals surface area contributed by atoms with Crippen LogP contribution in [-0.2, 0) is 16.1 Å². The molecule has 4 aromatic rings. The molecule has 2 aromatic heterocycles. The Bertz CT molecular complexity index is 1290. The van der Waals surface area contributed by atoms with Crippen LogP contribution in [0.2, 0.25) is 0 Å². The third-order valence-corrected chi connectivity index (χ3v) is 5.81. The van der Waals surface area contributed by atoms with Crippen LogP contribution in [0.5, 0.6) is 0 Å². The first-order valence-corrected chi connectivity index (χ1v) is 10.9. The summed E-state index contributed by atoms with van der Waals surface area (Å²) in [5.41, 5.74) is 2.81. The van der Waals surface area contributed by atoms with E-state index in [0.29, 0.717) is 45.1 Å². The summed E-state index contributed by atoms with van der Waals surface area (Å²) in [5.74, 6) is -0.953. The molecule has 0 aliphatic carbocycles. The van der Waals surface area contributed by atoms with E-state index in [0.717, 1.165) is 0 Å². The molecule has 0 unspecified atom stereocenters. The summed E-state index contributed by atoms with van der Waals surface area (Å²) in [4.78, 5) is 35.3. The van der Waals surface area contributed by atoms with E-state index >= 15 is 0 Å². The van der Waals surface area contributed by atoms with Crippen molar-refractivity contribution in [1.29, 1.82) is 0 Å². The number of pyridine rings is 1. The van der Waals surface area contributed by atoms with Crippen molar-refractivity contribution in [1.82, 2.24) is 9.97 Å². The largest absolute Gasteiger partial charge is 0.456 e. The normalized spacial score (nSPS) is 10.8. The van der Waals surface area contributed by atoms with Gasteiger partial charge in [-0.05, 0) is 43.3 Å². The highest BCUT2D eigenvalue weighted by atomic mass is 32.1. The Morgan fingerprint density at radius 1 is 1.09 bits per heavy atom. The fraction of sp³-hybridized carbons (Fsp3) is 0.167. The van der Waals surface area contributed by atoms with Crippen molar-refractivity contribution in [3.8, 4) is 11.3 Å². The standard InChI is InChI=1S/C24H20FN3O3S/c1-3-28(15(2)29)24-26-18(14-32-24)13-31-23(30)20-12-22(16-8-10-17(25)11-9-16)27-21-7-5-4-6-19(20)21/h4-12,14H,3,13H2,1-2H3. The molecule has 0 saturated heterocycles. The molecule has 0 atom stereocenters. The number of hydrogen-bond donors (Lipinski definition) is 0. The van der Waals surface area contributed by atoms with Crippen molar-refractivity contribution < 1.29 is 18.7 Å². The second-order valence-electron chi connectivity index (χ2n) is 7.04. The number of rotatable bonds is 6. The van der Waals surface area contributed by atoms with Gasteiger partial charge in [-0.15, -0.1) is 11.3 Å². The Hall–Kier alpha value is -3.65. The average molecular weight is 450 g/mol. The van der Waals surface area contributed by atoms with Crippen LogP contribution in [0, 0.1) is 5.82 Å². The van der Waals surface area contributed by atoms with E-state index in [9.17, 15) is 14.0 Å². The Balaban J connectivity index is 1.60. The summed E-state index contributed by atoms with van der Waals surface area (Å²) in [7, 11) is 0. The number of anilines is 1. The quantitative estimate of drug-likeness (QED) is 0.377. The number of amides is 1. The first-order chi connectivity index (χ1) is 15.5. The number of hydrogen-bond acceptors (Lipinski definition) is 6. The van der Waals surface area contributed by atoms with E-state index in [1.165, 1.54) is 30.4 Å². The van der Waals surface area contributed by atoms with Crippen LogP contribution >= 0.6 is 11.3 Å². The van der Waals surface area contributed by atoms with E-state index < -0.39 is 5.97 Å². The molecule has 2 aromatic carbocycles. The van der Waals surface area contributed by atoms with Gasteiger partial charge in [0.1, 0.15) is 12.4 Å². The second kappa shape index (κ2) is 9.23. The van der Waals surface area contributed by atoms with Gasteiger partial charge in [-0.3, -0.25) is 9.69 Å². The SMILES string of the molecule is CCN(C(C)=O)c1nc(COC(=O)c2cc(-c3ccc(F)cc3)nc3ccccc23)cs1. The van der Waals surface area contributed by atoms with Gasteiger partial charge in [0.25, 0.3) is 0 Å². The molecule has 0 aliphatic rings. The van der Waals surface area contributed by atoms with Crippen molar-refractivity contribution in [2.24, 2.45) is 0 Å². The van der Waals surface area contributed by atoms with Gasteiger partial charge in [0.2, 0.25) is 5.91 Å². The number of para-hydroxylation sites is 1. The lowest BCUT2D eigenvalue weighted by Gasteiger charge is -2.14. The molecule has 32 heavy (non-hydrogen) atoms. The Morgan fingerprint density at radius 3 is 2.56 bits per heavy atom. The minimum absolute atomic E-state index is 0.0205. The topological polar surface area (TPSA) is 72.4 Å². The number of carbonyl (C=O) groups is 2. The van der Waals surface area contributed by atoms with Gasteiger partial charge in [-0.1, -0.05) is 18.2 Å². The Kier molecular flexibility index (Phi) is 6.23. The number of nitrogens with zero attached hydrogens (tertiary/aromatic N) is 3. The number of halogens is 1. The van der Waals surface area contributed by atoms with Crippen LogP contribution < -0.4 is 4.90 Å². The molecule has 2 heterocycles. The molecule has 1 amide bonds. The van der Waals surface area contributed by atoms with Crippen LogP contribution in [0.15, 0.2) is 60.0 Å². The minimum Gasteiger partial charge on any atom is -0.456 e. The van der Waals surface area contributed by atoms with Crippen LogP contribution in [0.4, 0.5) is 9.52 Å². The maximum Gasteiger partial charge on any atom is 0.339 e. The van der Waals surface area contributed by atoms with Gasteiger partial charge in [0.15, 0.2) is 5.13 Å². The summed E-state index contributed by atoms with van der Waals surface area (Å²) in [6, 6.07) is 14.9. The highest BCUT2D eigenvalue weighted by Crippen LogP contribution is 2.26. The van der Waals surface area contributed by atoms with Gasteiger partial charge in [0, 0.05) is 29.8 Å². The van der Waals surface area contributed by atoms with Gasteiger partial charge >= 0.3 is 5.97 Å². The lowest BCUT2D eigenvalue weighted by molar-refractivity contribution is -0.116. The first kappa shape index (κ1) is 21.6. The molecular formula is C24H20FN3O3S. The summed E-state index contributed by atoms with van der Waals surface area (Å²) in [5, 5.41) is 3.00. The van der Waals surface area contributed by atoms with Crippen molar-refractivity contribution >= 4 is 39.2 Å². The molecule has 0 fully saturated rings. The molecule has 162 valence electrons. The van der Waals surface area contributed by atoms with E-state index in [4.69, 9.17) is 4.74 Å². The third-order valence-electron chi connectivity index (χ3n) is 4.89. The van der Waals surface area contributed by atoms with Crippen LogP contribution in [-0.4, -0.2) is 28.4 Å². The van der Waals surface area contributed by atoms with Gasteiger partial charge in [-0.2, -0.15) is 0 Å². The van der Waals surface area contributed by atoms with E-state index in [1.807, 2.05) is 25.1 Å². The fourth-order valence-electron chi connectivity index (χ4n) is 3.31. The van der Waals surface area contributed by atoms with Crippen LogP contribution in [0.25, 0.3) is 22.2 Å². The molecule has 0 radical (unpaired) electrons. The number of carbonyl (C=O) groups excluding carboxylic acids is 2. The van der Waals surface area contributed by atoms with Crippen molar-refractivity contribution in [2.45, 2.75) is 20.5 Å². The minimum atomic E-state index is -0.513. The third kappa shape index (κ3) is 4.50. The Labute approximate surface area is 188 Å². The predicted octanol–water partition coefficient (Wildman–Crippen LogP) is 5.23. The summed E-state index contributed by atoms with van der Waals surface area (Å²) < 4.78 is 18.9. The monoisotopic (exact) mass is 449 g/mol. The van der Waals surface area contributed by atoms with Crippen molar-refractivity contribution in [3.05, 3.63) is 77.1 Å². The van der Waals surface area contributed by atoms with Crippen LogP contribution in [0.3, 0.4) is 0 Å². The molecule has 0 bridgehead atoms. The lowest BCUT2D eigenvalue weighted by Crippen LogP contribution is -2.27. The average Bonchev–Trinajstić information content (AvgIpc) is 3.26. The van der Waals surface area contributed by atoms with E-state index in [2.05, 4.69) is 9.97 Å². The smallest absolute Gasteiger partial charge is 0.339 e. The molecule has 6 nitrogen and oxygen atoms in total. The summed E-state index contributed by atoms with van der Waals surface area (Å²) in [6.45, 7) is 3.85. The zero-order valence-electron chi connectivity index (χ0n) is 17.5. The van der Waals surface area contributed by atoms with Crippen molar-refractivity contribution in [3.63, 3.8) is 0 Å². The number of aromatic nitrogens is 2. The van der Waals surface area contributed by atoms with Gasteiger partial charge < -0.3 is 4.74 Å². The van der Waals surface area contributed by atoms with E-state index in [1.54, 1.807) is 34.5 Å². The highest BCUT2D eigenvalue weighted by molar-refractivity contribution is 7.14. The maximum atomic E-state index is 13.3. The maximum absolute atomic E-state index is 13.3. The number of benzene rings is 2. The van der Waals surface area contributed by atoms with Crippen LogP contribution in [0.1, 0.15) is 29.9 Å². The van der Waals surface area contributed by atoms with E-state index in [-0.39, 0.29) is 18.3 Å². The summed E-state index contributed by atoms with van der Waals surface area (Å²) >= 11 is 1.32. The van der Waals surface area contributed by atoms with Crippen molar-refractivity contribution in [2.75, 3.05) is 11.4 Å². The molecule has 0 aliphatic heterocycles. The lowest BCUT2D eigenvalue weighted by atomic mass is 10.0. The number of thiazole rings is 1. The fourth-order valence-corrected chi connectivity index (χ4v) is 4.23. The number of ether oxygens (including phenoxy) is 1. The summed E-state index contributed by atoms with van der Waals surface area (Å²) in [6.07, 6.45) is 0. The first-order valence-electron chi connectivity index (χ1n) is 10.0. The molecule has 0 saturated carbocycles. The molecule has 8 heteroatoms. The van der Waals surface area contributed by atoms with Gasteiger partial charge in [0.05, 0.1) is 22.5 Å². The zero-order chi connectivity index (χ0) is 22.7. The molecular weight excluding hydrogens is 429 g/mol. The Morgan fingerprint density at radius 2 is 1.84 bits per heavy atom. The molecule has 4 rings (SSSR count). The molecule has 0 spiro atoms. The van der Waals surface area contributed by atoms with Gasteiger partial charge in [-0.25, -0.2) is 19.2 Å². The highest BCUT2D eigenvalue weighted by Gasteiger charge is 2.17. The number of esters is 1. The molecule has 0 N–H and O–H groups in total. The number of fused-ring (bicyclic) bond motifs is 1.